The lowest BCUT2D eigenvalue weighted by molar-refractivity contribution is 0.180. The van der Waals surface area contributed by atoms with Gasteiger partial charge < -0.3 is 19.9 Å². The van der Waals surface area contributed by atoms with Crippen molar-refractivity contribution in [1.82, 2.24) is 25.0 Å². The first-order valence-corrected chi connectivity index (χ1v) is 9.34. The quantitative estimate of drug-likeness (QED) is 0.756. The zero-order valence-corrected chi connectivity index (χ0v) is 15.6. The van der Waals surface area contributed by atoms with Crippen LogP contribution in [0.25, 0.3) is 0 Å². The van der Waals surface area contributed by atoms with Crippen molar-refractivity contribution in [3.63, 3.8) is 0 Å². The van der Waals surface area contributed by atoms with Gasteiger partial charge >= 0.3 is 6.03 Å². The number of carbonyl (C=O) groups excluding carboxylic acids is 1. The molecular formula is C19H26FN5O2. The molecule has 2 aromatic rings. The number of urea groups is 1. The van der Waals surface area contributed by atoms with Crippen molar-refractivity contribution in [2.75, 3.05) is 19.6 Å². The van der Waals surface area contributed by atoms with E-state index in [9.17, 15) is 14.3 Å². The number of aliphatic hydroxyl groups is 1. The monoisotopic (exact) mass is 375 g/mol. The van der Waals surface area contributed by atoms with Gasteiger partial charge in [-0.2, -0.15) is 0 Å². The Bertz CT molecular complexity index is 754. The van der Waals surface area contributed by atoms with E-state index in [0.29, 0.717) is 25.5 Å². The van der Waals surface area contributed by atoms with Gasteiger partial charge in [-0.1, -0.05) is 12.1 Å². The van der Waals surface area contributed by atoms with Crippen LogP contribution in [0.3, 0.4) is 0 Å². The zero-order chi connectivity index (χ0) is 19.2. The Kier molecular flexibility index (Phi) is 6.39. The third-order valence-corrected chi connectivity index (χ3v) is 5.12. The van der Waals surface area contributed by atoms with Crippen LogP contribution < -0.4 is 5.32 Å². The summed E-state index contributed by atoms with van der Waals surface area (Å²) in [6, 6.07) is 6.42. The van der Waals surface area contributed by atoms with E-state index in [2.05, 4.69) is 15.5 Å². The van der Waals surface area contributed by atoms with Crippen molar-refractivity contribution >= 4 is 6.03 Å². The van der Waals surface area contributed by atoms with Gasteiger partial charge in [0, 0.05) is 32.6 Å². The highest BCUT2D eigenvalue weighted by Crippen LogP contribution is 2.26. The molecule has 1 aliphatic heterocycles. The van der Waals surface area contributed by atoms with Crippen molar-refractivity contribution in [1.29, 1.82) is 0 Å². The summed E-state index contributed by atoms with van der Waals surface area (Å²) in [5.74, 6) is 1.46. The van der Waals surface area contributed by atoms with E-state index in [1.165, 1.54) is 12.1 Å². The summed E-state index contributed by atoms with van der Waals surface area (Å²) in [6.07, 6.45) is 3.29. The van der Waals surface area contributed by atoms with E-state index in [0.717, 1.165) is 37.1 Å². The van der Waals surface area contributed by atoms with Crippen molar-refractivity contribution in [2.45, 2.75) is 38.2 Å². The lowest BCUT2D eigenvalue weighted by Gasteiger charge is -2.31. The number of rotatable bonds is 6. The average molecular weight is 375 g/mol. The lowest BCUT2D eigenvalue weighted by Crippen LogP contribution is -2.44. The zero-order valence-electron chi connectivity index (χ0n) is 15.6. The third-order valence-electron chi connectivity index (χ3n) is 5.12. The number of aromatic nitrogens is 3. The van der Waals surface area contributed by atoms with Crippen LogP contribution in [0.5, 0.6) is 0 Å². The molecule has 0 radical (unpaired) electrons. The summed E-state index contributed by atoms with van der Waals surface area (Å²) in [7, 11) is 1.86. The van der Waals surface area contributed by atoms with Crippen LogP contribution in [-0.4, -0.2) is 50.4 Å². The molecule has 0 atom stereocenters. The Morgan fingerprint density at radius 1 is 1.26 bits per heavy atom. The fourth-order valence-electron chi connectivity index (χ4n) is 3.46. The summed E-state index contributed by atoms with van der Waals surface area (Å²) in [5.41, 5.74) is 1.07. The first-order valence-electron chi connectivity index (χ1n) is 9.34. The fourth-order valence-corrected chi connectivity index (χ4v) is 3.46. The molecule has 2 N–H and O–H groups in total. The summed E-state index contributed by atoms with van der Waals surface area (Å²) in [4.78, 5) is 14.1. The molecule has 27 heavy (non-hydrogen) atoms. The second-order valence-electron chi connectivity index (χ2n) is 6.91. The maximum atomic E-state index is 12.9. The van der Waals surface area contributed by atoms with Crippen LogP contribution in [0.1, 0.15) is 42.4 Å². The van der Waals surface area contributed by atoms with Crippen LogP contribution in [0.4, 0.5) is 9.18 Å². The van der Waals surface area contributed by atoms with E-state index in [-0.39, 0.29) is 24.4 Å². The fraction of sp³-hybridized carbons (Fsp3) is 0.526. The molecule has 0 saturated carbocycles. The Hall–Kier alpha value is -2.48. The number of nitrogens with one attached hydrogen (secondary N) is 1. The van der Waals surface area contributed by atoms with Crippen LogP contribution in [0, 0.1) is 5.82 Å². The van der Waals surface area contributed by atoms with Gasteiger partial charge in [0.1, 0.15) is 18.2 Å². The number of hydrogen-bond acceptors (Lipinski definition) is 4. The number of hydrogen-bond donors (Lipinski definition) is 2. The molecule has 3 rings (SSSR count). The topological polar surface area (TPSA) is 83.3 Å². The molecule has 7 nitrogen and oxygen atoms in total. The third kappa shape index (κ3) is 4.82. The van der Waals surface area contributed by atoms with E-state index in [1.807, 2.05) is 16.5 Å². The highest BCUT2D eigenvalue weighted by Gasteiger charge is 2.27. The predicted molar refractivity (Wildman–Crippen MR) is 98.6 cm³/mol. The summed E-state index contributed by atoms with van der Waals surface area (Å²) in [5, 5.41) is 20.4. The maximum absolute atomic E-state index is 12.9. The average Bonchev–Trinajstić information content (AvgIpc) is 3.07. The molecule has 0 spiro atoms. The molecule has 1 aliphatic rings. The Balaban J connectivity index is 1.39. The summed E-state index contributed by atoms with van der Waals surface area (Å²) < 4.78 is 14.7. The molecule has 2 heterocycles. The van der Waals surface area contributed by atoms with Crippen molar-refractivity contribution in [3.8, 4) is 0 Å². The van der Waals surface area contributed by atoms with Gasteiger partial charge in [0.2, 0.25) is 0 Å². The number of amides is 2. The van der Waals surface area contributed by atoms with Crippen molar-refractivity contribution in [2.24, 2.45) is 7.05 Å². The van der Waals surface area contributed by atoms with Crippen molar-refractivity contribution < 1.29 is 14.3 Å². The van der Waals surface area contributed by atoms with Crippen LogP contribution in [0.15, 0.2) is 24.3 Å². The normalized spacial score (nSPS) is 15.1. The van der Waals surface area contributed by atoms with E-state index in [1.54, 1.807) is 12.1 Å². The van der Waals surface area contributed by atoms with Gasteiger partial charge in [-0.25, -0.2) is 9.18 Å². The van der Waals surface area contributed by atoms with Gasteiger partial charge in [-0.05, 0) is 43.4 Å². The minimum absolute atomic E-state index is 0.0402. The molecule has 2 amide bonds. The molecule has 146 valence electrons. The Labute approximate surface area is 158 Å². The number of carbonyl (C=O) groups is 1. The number of aryl methyl sites for hydroxylation is 1. The van der Waals surface area contributed by atoms with E-state index < -0.39 is 0 Å². The minimum Gasteiger partial charge on any atom is -0.388 e. The number of likely N-dealkylation sites (tertiary alicyclic amines) is 1. The van der Waals surface area contributed by atoms with Gasteiger partial charge in [-0.15, -0.1) is 10.2 Å². The largest absolute Gasteiger partial charge is 0.388 e. The first-order chi connectivity index (χ1) is 13.1. The van der Waals surface area contributed by atoms with Gasteiger partial charge in [0.25, 0.3) is 0 Å². The van der Waals surface area contributed by atoms with Crippen molar-refractivity contribution in [3.05, 3.63) is 47.3 Å². The molecular weight excluding hydrogens is 349 g/mol. The van der Waals surface area contributed by atoms with E-state index >= 15 is 0 Å². The Morgan fingerprint density at radius 3 is 2.59 bits per heavy atom. The standard InChI is InChI=1S/C19H26FN5O2/c1-24-17(13-26)22-23-18(24)15-8-11-25(12-9-15)19(27)21-10-2-3-14-4-6-16(20)7-5-14/h4-7,15,26H,2-3,8-13H2,1H3,(H,21,27). The molecule has 0 aliphatic carbocycles. The number of aliphatic hydroxyl groups excluding tert-OH is 1. The second kappa shape index (κ2) is 8.94. The second-order valence-corrected chi connectivity index (χ2v) is 6.91. The van der Waals surface area contributed by atoms with Gasteiger partial charge in [0.05, 0.1) is 0 Å². The van der Waals surface area contributed by atoms with Gasteiger partial charge in [-0.3, -0.25) is 0 Å². The molecule has 1 fully saturated rings. The maximum Gasteiger partial charge on any atom is 0.317 e. The number of piperidine rings is 1. The van der Waals surface area contributed by atoms with Gasteiger partial charge in [0.15, 0.2) is 5.82 Å². The number of halogens is 1. The SMILES string of the molecule is Cn1c(CO)nnc1C1CCN(C(=O)NCCCc2ccc(F)cc2)CC1. The highest BCUT2D eigenvalue weighted by atomic mass is 19.1. The molecule has 8 heteroatoms. The Morgan fingerprint density at radius 2 is 1.96 bits per heavy atom. The smallest absolute Gasteiger partial charge is 0.317 e. The van der Waals surface area contributed by atoms with E-state index in [4.69, 9.17) is 0 Å². The number of nitrogens with zero attached hydrogens (tertiary/aromatic N) is 4. The minimum atomic E-state index is -0.232. The first kappa shape index (κ1) is 19.3. The lowest BCUT2D eigenvalue weighted by atomic mass is 9.96. The number of benzene rings is 1. The molecule has 1 saturated heterocycles. The highest BCUT2D eigenvalue weighted by molar-refractivity contribution is 5.74. The van der Waals surface area contributed by atoms with Crippen LogP contribution >= 0.6 is 0 Å². The summed E-state index contributed by atoms with van der Waals surface area (Å²) in [6.45, 7) is 1.83. The molecule has 1 aromatic heterocycles. The van der Waals surface area contributed by atoms with Crippen LogP contribution in [-0.2, 0) is 20.1 Å². The molecule has 1 aromatic carbocycles. The summed E-state index contributed by atoms with van der Waals surface area (Å²) >= 11 is 0. The van der Waals surface area contributed by atoms with Crippen LogP contribution in [0.2, 0.25) is 0 Å². The predicted octanol–water partition coefficient (Wildman–Crippen LogP) is 1.97. The molecule has 0 bridgehead atoms. The molecule has 0 unspecified atom stereocenters.